The number of anilines is 2. The van der Waals surface area contributed by atoms with E-state index in [1.54, 1.807) is 0 Å². The van der Waals surface area contributed by atoms with Crippen molar-refractivity contribution in [1.29, 1.82) is 0 Å². The molecule has 0 aromatic heterocycles. The number of carbonyl (C=O) groups is 1. The Morgan fingerprint density at radius 1 is 1.44 bits per heavy atom. The largest absolute Gasteiger partial charge is 0.481 e. The van der Waals surface area contributed by atoms with Crippen molar-refractivity contribution in [1.82, 2.24) is 0 Å². The molecule has 0 atom stereocenters. The second-order valence-electron chi connectivity index (χ2n) is 2.99. The molecular weight excluding hydrogens is 222 g/mol. The fraction of sp³-hybridized carbons (Fsp3) is 0.222. The first kappa shape index (κ1) is 12.0. The number of benzene rings is 1. The van der Waals surface area contributed by atoms with Gasteiger partial charge in [0.05, 0.1) is 12.1 Å². The molecule has 1 aromatic carbocycles. The van der Waals surface area contributed by atoms with Crippen molar-refractivity contribution in [2.45, 2.75) is 13.0 Å². The van der Waals surface area contributed by atoms with Gasteiger partial charge in [-0.15, -0.1) is 0 Å². The van der Waals surface area contributed by atoms with Crippen molar-refractivity contribution in [2.75, 3.05) is 11.5 Å². The average Bonchev–Trinajstić information content (AvgIpc) is 2.16. The van der Waals surface area contributed by atoms with Gasteiger partial charge >= 0.3 is 12.6 Å². The first-order valence-electron chi connectivity index (χ1n) is 4.25. The van der Waals surface area contributed by atoms with E-state index in [2.05, 4.69) is 4.74 Å². The van der Waals surface area contributed by atoms with Gasteiger partial charge in [0.1, 0.15) is 5.75 Å². The number of hydrogen-bond donors (Lipinski definition) is 3. The molecule has 0 fully saturated rings. The fourth-order valence-electron chi connectivity index (χ4n) is 1.21. The first-order valence-corrected chi connectivity index (χ1v) is 4.25. The van der Waals surface area contributed by atoms with Crippen LogP contribution in [0.5, 0.6) is 5.75 Å². The molecule has 0 aliphatic carbocycles. The standard InChI is InChI=1S/C9H10F2N2O3/c10-9(11)16-6-2-1-5(12)4(8(6)13)3-7(14)15/h1-2,9H,3,12-13H2,(H,14,15). The smallest absolute Gasteiger partial charge is 0.387 e. The third-order valence-corrected chi connectivity index (χ3v) is 1.90. The molecule has 0 aliphatic rings. The lowest BCUT2D eigenvalue weighted by molar-refractivity contribution is -0.136. The van der Waals surface area contributed by atoms with Crippen LogP contribution in [0.1, 0.15) is 5.56 Å². The second-order valence-corrected chi connectivity index (χ2v) is 2.99. The summed E-state index contributed by atoms with van der Waals surface area (Å²) in [7, 11) is 0. The zero-order valence-electron chi connectivity index (χ0n) is 8.11. The minimum absolute atomic E-state index is 0.0747. The number of alkyl halides is 2. The lowest BCUT2D eigenvalue weighted by Gasteiger charge is -2.12. The Morgan fingerprint density at radius 2 is 2.06 bits per heavy atom. The van der Waals surface area contributed by atoms with E-state index < -0.39 is 19.0 Å². The SMILES string of the molecule is Nc1ccc(OC(F)F)c(N)c1CC(=O)O. The molecule has 0 unspecified atom stereocenters. The number of hydrogen-bond acceptors (Lipinski definition) is 4. The Hall–Kier alpha value is -2.05. The van der Waals surface area contributed by atoms with Gasteiger partial charge in [-0.25, -0.2) is 0 Å². The van der Waals surface area contributed by atoms with Crippen LogP contribution in [0.2, 0.25) is 0 Å². The van der Waals surface area contributed by atoms with Crippen molar-refractivity contribution in [3.05, 3.63) is 17.7 Å². The normalized spacial score (nSPS) is 10.4. The van der Waals surface area contributed by atoms with Gasteiger partial charge in [-0.05, 0) is 12.1 Å². The highest BCUT2D eigenvalue weighted by Crippen LogP contribution is 2.31. The van der Waals surface area contributed by atoms with Crippen LogP contribution >= 0.6 is 0 Å². The summed E-state index contributed by atoms with van der Waals surface area (Å²) in [6.07, 6.45) is -0.446. The molecule has 0 radical (unpaired) electrons. The Kier molecular flexibility index (Phi) is 3.49. The Bertz CT molecular complexity index is 410. The zero-order chi connectivity index (χ0) is 12.3. The monoisotopic (exact) mass is 232 g/mol. The maximum atomic E-state index is 12.0. The molecule has 0 heterocycles. The summed E-state index contributed by atoms with van der Waals surface area (Å²) >= 11 is 0. The predicted octanol–water partition coefficient (Wildman–Crippen LogP) is 1.08. The molecule has 1 aromatic rings. The third kappa shape index (κ3) is 2.72. The zero-order valence-corrected chi connectivity index (χ0v) is 8.11. The lowest BCUT2D eigenvalue weighted by atomic mass is 10.1. The van der Waals surface area contributed by atoms with Gasteiger partial charge < -0.3 is 21.3 Å². The summed E-state index contributed by atoms with van der Waals surface area (Å²) in [5.74, 6) is -1.44. The number of ether oxygens (including phenoxy) is 1. The summed E-state index contributed by atoms with van der Waals surface area (Å²) < 4.78 is 28.1. The van der Waals surface area contributed by atoms with Crippen LogP contribution in [0.3, 0.4) is 0 Å². The van der Waals surface area contributed by atoms with E-state index in [9.17, 15) is 13.6 Å². The van der Waals surface area contributed by atoms with Crippen LogP contribution in [0, 0.1) is 0 Å². The highest BCUT2D eigenvalue weighted by atomic mass is 19.3. The van der Waals surface area contributed by atoms with Gasteiger partial charge in [0.2, 0.25) is 0 Å². The van der Waals surface area contributed by atoms with Crippen molar-refractivity contribution in [3.63, 3.8) is 0 Å². The summed E-state index contributed by atoms with van der Waals surface area (Å²) in [6.45, 7) is -3.02. The number of nitrogen functional groups attached to an aromatic ring is 2. The topological polar surface area (TPSA) is 98.6 Å². The van der Waals surface area contributed by atoms with Crippen LogP contribution in [0.15, 0.2) is 12.1 Å². The van der Waals surface area contributed by atoms with Crippen LogP contribution in [0.25, 0.3) is 0 Å². The van der Waals surface area contributed by atoms with E-state index >= 15 is 0 Å². The van der Waals surface area contributed by atoms with Crippen molar-refractivity contribution >= 4 is 17.3 Å². The molecule has 0 saturated heterocycles. The van der Waals surface area contributed by atoms with E-state index in [4.69, 9.17) is 16.6 Å². The molecule has 88 valence electrons. The molecular formula is C9H10F2N2O3. The predicted molar refractivity (Wildman–Crippen MR) is 53.2 cm³/mol. The van der Waals surface area contributed by atoms with Gasteiger partial charge in [0.15, 0.2) is 0 Å². The fourth-order valence-corrected chi connectivity index (χ4v) is 1.21. The number of carboxylic acids is 1. The Labute approximate surface area is 89.6 Å². The van der Waals surface area contributed by atoms with Crippen molar-refractivity contribution < 1.29 is 23.4 Å². The lowest BCUT2D eigenvalue weighted by Crippen LogP contribution is -2.10. The van der Waals surface area contributed by atoms with E-state index in [-0.39, 0.29) is 22.7 Å². The molecule has 16 heavy (non-hydrogen) atoms. The van der Waals surface area contributed by atoms with E-state index in [0.29, 0.717) is 0 Å². The number of halogens is 2. The van der Waals surface area contributed by atoms with Gasteiger partial charge in [-0.1, -0.05) is 0 Å². The molecule has 0 amide bonds. The van der Waals surface area contributed by atoms with E-state index in [0.717, 1.165) is 0 Å². The molecule has 0 bridgehead atoms. The van der Waals surface area contributed by atoms with Gasteiger partial charge in [0.25, 0.3) is 0 Å². The molecule has 0 saturated carbocycles. The van der Waals surface area contributed by atoms with Crippen LogP contribution in [-0.2, 0) is 11.2 Å². The first-order chi connectivity index (χ1) is 7.41. The van der Waals surface area contributed by atoms with Crippen LogP contribution in [-0.4, -0.2) is 17.7 Å². The molecule has 7 heteroatoms. The average molecular weight is 232 g/mol. The van der Waals surface area contributed by atoms with Crippen LogP contribution < -0.4 is 16.2 Å². The van der Waals surface area contributed by atoms with E-state index in [1.807, 2.05) is 0 Å². The van der Waals surface area contributed by atoms with Crippen LogP contribution in [0.4, 0.5) is 20.2 Å². The summed E-state index contributed by atoms with van der Waals surface area (Å²) in [5, 5.41) is 8.59. The second kappa shape index (κ2) is 4.65. The van der Waals surface area contributed by atoms with E-state index in [1.165, 1.54) is 12.1 Å². The maximum Gasteiger partial charge on any atom is 0.387 e. The van der Waals surface area contributed by atoms with Crippen molar-refractivity contribution in [2.24, 2.45) is 0 Å². The summed E-state index contributed by atoms with van der Waals surface area (Å²) in [5.41, 5.74) is 11.0. The van der Waals surface area contributed by atoms with Gasteiger partial charge in [-0.2, -0.15) is 8.78 Å². The minimum Gasteiger partial charge on any atom is -0.481 e. The Morgan fingerprint density at radius 3 is 2.56 bits per heavy atom. The molecule has 0 spiro atoms. The molecule has 1 rings (SSSR count). The minimum atomic E-state index is -3.02. The van der Waals surface area contributed by atoms with Gasteiger partial charge in [-0.3, -0.25) is 4.79 Å². The third-order valence-electron chi connectivity index (χ3n) is 1.90. The number of carboxylic acid groups (broad SMARTS) is 1. The highest BCUT2D eigenvalue weighted by molar-refractivity contribution is 5.79. The van der Waals surface area contributed by atoms with Crippen molar-refractivity contribution in [3.8, 4) is 5.75 Å². The highest BCUT2D eigenvalue weighted by Gasteiger charge is 2.15. The summed E-state index contributed by atoms with van der Waals surface area (Å²) in [4.78, 5) is 10.5. The van der Waals surface area contributed by atoms with Gasteiger partial charge in [0, 0.05) is 11.3 Å². The Balaban J connectivity index is 3.10. The number of rotatable bonds is 4. The number of nitrogens with two attached hydrogens (primary N) is 2. The number of aliphatic carboxylic acids is 1. The molecule has 5 N–H and O–H groups in total. The maximum absolute atomic E-state index is 12.0. The molecule has 0 aliphatic heterocycles. The summed E-state index contributed by atoms with van der Waals surface area (Å²) in [6, 6.07) is 2.44. The molecule has 5 nitrogen and oxygen atoms in total. The quantitative estimate of drug-likeness (QED) is 0.674.